The summed E-state index contributed by atoms with van der Waals surface area (Å²) in [5, 5.41) is 14.1. The highest BCUT2D eigenvalue weighted by Gasteiger charge is 2.29. The molecule has 1 aromatic carbocycles. The van der Waals surface area contributed by atoms with Gasteiger partial charge >= 0.3 is 0 Å². The second-order valence-corrected chi connectivity index (χ2v) is 7.08. The fraction of sp³-hybridized carbons (Fsp3) is 0.421. The molecule has 0 saturated carbocycles. The normalized spacial score (nSPS) is 13.1. The van der Waals surface area contributed by atoms with E-state index in [1.54, 1.807) is 19.0 Å². The predicted molar refractivity (Wildman–Crippen MR) is 103 cm³/mol. The van der Waals surface area contributed by atoms with Crippen LogP contribution in [0.3, 0.4) is 0 Å². The molecule has 0 radical (unpaired) electrons. The molecule has 0 fully saturated rings. The van der Waals surface area contributed by atoms with Crippen LogP contribution < -0.4 is 10.5 Å². The molecule has 3 rings (SSSR count). The molecule has 0 aliphatic rings. The van der Waals surface area contributed by atoms with E-state index in [9.17, 15) is 23.1 Å². The average molecular weight is 409 g/mol. The largest absolute Gasteiger partial charge is 0.390 e. The molecule has 0 spiro atoms. The van der Waals surface area contributed by atoms with Gasteiger partial charge in [-0.15, -0.1) is 0 Å². The minimum absolute atomic E-state index is 0.133. The SMILES string of the molecule is CCC(c1ccc(C(C)(F)F)c(F)c1)n1nc(CO)c2c(=O)[nH]c(N(C)C)nc21. The van der Waals surface area contributed by atoms with E-state index in [4.69, 9.17) is 0 Å². The Bertz CT molecular complexity index is 1100. The fourth-order valence-electron chi connectivity index (χ4n) is 3.29. The van der Waals surface area contributed by atoms with Gasteiger partial charge in [0.1, 0.15) is 16.9 Å². The van der Waals surface area contributed by atoms with E-state index in [0.717, 1.165) is 12.1 Å². The van der Waals surface area contributed by atoms with Crippen molar-refractivity contribution in [1.82, 2.24) is 19.7 Å². The van der Waals surface area contributed by atoms with E-state index in [2.05, 4.69) is 15.1 Å². The maximum absolute atomic E-state index is 14.4. The van der Waals surface area contributed by atoms with Crippen molar-refractivity contribution in [1.29, 1.82) is 0 Å². The summed E-state index contributed by atoms with van der Waals surface area (Å²) in [7, 11) is 3.40. The molecule has 1 unspecified atom stereocenters. The van der Waals surface area contributed by atoms with Gasteiger partial charge in [0, 0.05) is 21.0 Å². The number of fused-ring (bicyclic) bond motifs is 1. The number of benzene rings is 1. The second kappa shape index (κ2) is 7.51. The molecule has 0 bridgehead atoms. The Labute approximate surface area is 164 Å². The summed E-state index contributed by atoms with van der Waals surface area (Å²) in [6.07, 6.45) is 0.425. The third kappa shape index (κ3) is 3.71. The molecule has 0 saturated heterocycles. The lowest BCUT2D eigenvalue weighted by Gasteiger charge is -2.19. The van der Waals surface area contributed by atoms with Crippen molar-refractivity contribution in [3.63, 3.8) is 0 Å². The third-order valence-electron chi connectivity index (χ3n) is 4.73. The van der Waals surface area contributed by atoms with Gasteiger partial charge in [0.25, 0.3) is 11.5 Å². The first-order chi connectivity index (χ1) is 13.6. The Balaban J connectivity index is 2.22. The van der Waals surface area contributed by atoms with Gasteiger partial charge in [0.2, 0.25) is 5.95 Å². The second-order valence-electron chi connectivity index (χ2n) is 7.08. The first kappa shape index (κ1) is 20.8. The number of aliphatic hydroxyl groups is 1. The average Bonchev–Trinajstić information content (AvgIpc) is 3.00. The van der Waals surface area contributed by atoms with Crippen LogP contribution >= 0.6 is 0 Å². The number of anilines is 1. The van der Waals surface area contributed by atoms with Crippen LogP contribution in [0, 0.1) is 5.82 Å². The van der Waals surface area contributed by atoms with Crippen LogP contribution in [0.4, 0.5) is 19.1 Å². The zero-order chi connectivity index (χ0) is 21.5. The minimum Gasteiger partial charge on any atom is -0.390 e. The summed E-state index contributed by atoms with van der Waals surface area (Å²) < 4.78 is 42.9. The van der Waals surface area contributed by atoms with Gasteiger partial charge in [0.05, 0.1) is 18.2 Å². The van der Waals surface area contributed by atoms with Gasteiger partial charge in [-0.25, -0.2) is 17.9 Å². The number of halogens is 3. The molecule has 10 heteroatoms. The number of hydrogen-bond donors (Lipinski definition) is 2. The molecule has 3 aromatic rings. The molecule has 29 heavy (non-hydrogen) atoms. The van der Waals surface area contributed by atoms with Gasteiger partial charge in [0.15, 0.2) is 5.65 Å². The molecule has 2 N–H and O–H groups in total. The molecule has 2 aromatic heterocycles. The highest BCUT2D eigenvalue weighted by Crippen LogP contribution is 2.33. The minimum atomic E-state index is -3.30. The molecular formula is C19H22F3N5O2. The number of aromatic nitrogens is 4. The summed E-state index contributed by atoms with van der Waals surface area (Å²) in [6.45, 7) is 1.97. The lowest BCUT2D eigenvalue weighted by molar-refractivity contribution is 0.0137. The first-order valence-electron chi connectivity index (χ1n) is 9.05. The Hall–Kier alpha value is -2.88. The topological polar surface area (TPSA) is 87.0 Å². The molecule has 0 amide bonds. The molecular weight excluding hydrogens is 387 g/mol. The number of nitrogens with zero attached hydrogens (tertiary/aromatic N) is 4. The summed E-state index contributed by atoms with van der Waals surface area (Å²) in [4.78, 5) is 21.2. The van der Waals surface area contributed by atoms with Crippen LogP contribution in [0.5, 0.6) is 0 Å². The summed E-state index contributed by atoms with van der Waals surface area (Å²) in [5.74, 6) is -4.04. The Morgan fingerprint density at radius 3 is 2.55 bits per heavy atom. The van der Waals surface area contributed by atoms with Gasteiger partial charge in [-0.2, -0.15) is 10.1 Å². The first-order valence-corrected chi connectivity index (χ1v) is 9.05. The highest BCUT2D eigenvalue weighted by atomic mass is 19.3. The van der Waals surface area contributed by atoms with Gasteiger partial charge in [-0.05, 0) is 24.1 Å². The van der Waals surface area contributed by atoms with Crippen LogP contribution in [-0.4, -0.2) is 39.0 Å². The van der Waals surface area contributed by atoms with E-state index in [-0.39, 0.29) is 22.7 Å². The van der Waals surface area contributed by atoms with Crippen molar-refractivity contribution in [2.45, 2.75) is 38.8 Å². The van der Waals surface area contributed by atoms with Gasteiger partial charge < -0.3 is 10.0 Å². The quantitative estimate of drug-likeness (QED) is 0.654. The smallest absolute Gasteiger partial charge is 0.273 e. The third-order valence-corrected chi connectivity index (χ3v) is 4.73. The maximum atomic E-state index is 14.4. The van der Waals surface area contributed by atoms with Crippen molar-refractivity contribution in [2.75, 3.05) is 19.0 Å². The van der Waals surface area contributed by atoms with Crippen LogP contribution in [0.25, 0.3) is 11.0 Å². The Morgan fingerprint density at radius 1 is 1.34 bits per heavy atom. The van der Waals surface area contributed by atoms with Crippen molar-refractivity contribution < 1.29 is 18.3 Å². The number of aromatic amines is 1. The molecule has 7 nitrogen and oxygen atoms in total. The zero-order valence-corrected chi connectivity index (χ0v) is 16.5. The zero-order valence-electron chi connectivity index (χ0n) is 16.5. The molecule has 0 aliphatic carbocycles. The van der Waals surface area contributed by atoms with E-state index < -0.39 is 35.5 Å². The number of rotatable bonds is 6. The Kier molecular flexibility index (Phi) is 5.40. The van der Waals surface area contributed by atoms with Crippen molar-refractivity contribution in [2.24, 2.45) is 0 Å². The van der Waals surface area contributed by atoms with Crippen molar-refractivity contribution in [3.05, 3.63) is 51.2 Å². The van der Waals surface area contributed by atoms with Gasteiger partial charge in [-0.3, -0.25) is 9.78 Å². The van der Waals surface area contributed by atoms with Crippen LogP contribution in [0.15, 0.2) is 23.0 Å². The molecule has 0 aliphatic heterocycles. The number of H-pyrrole nitrogens is 1. The van der Waals surface area contributed by atoms with Crippen LogP contribution in [-0.2, 0) is 12.5 Å². The van der Waals surface area contributed by atoms with Crippen LogP contribution in [0.2, 0.25) is 0 Å². The molecule has 156 valence electrons. The molecule has 1 atom stereocenters. The fourth-order valence-corrected chi connectivity index (χ4v) is 3.29. The summed E-state index contributed by atoms with van der Waals surface area (Å²) >= 11 is 0. The van der Waals surface area contributed by atoms with Crippen LogP contribution in [0.1, 0.15) is 43.1 Å². The van der Waals surface area contributed by atoms with E-state index in [0.29, 0.717) is 18.9 Å². The van der Waals surface area contributed by atoms with Gasteiger partial charge in [-0.1, -0.05) is 13.0 Å². The lowest BCUT2D eigenvalue weighted by Crippen LogP contribution is -2.20. The van der Waals surface area contributed by atoms with E-state index >= 15 is 0 Å². The van der Waals surface area contributed by atoms with Crippen molar-refractivity contribution in [3.8, 4) is 0 Å². The number of aliphatic hydroxyl groups excluding tert-OH is 1. The lowest BCUT2D eigenvalue weighted by atomic mass is 10.0. The maximum Gasteiger partial charge on any atom is 0.273 e. The number of alkyl halides is 2. The van der Waals surface area contributed by atoms with Crippen molar-refractivity contribution >= 4 is 17.0 Å². The number of nitrogens with one attached hydrogen (secondary N) is 1. The summed E-state index contributed by atoms with van der Waals surface area (Å²) in [6, 6.07) is 2.94. The Morgan fingerprint density at radius 2 is 2.03 bits per heavy atom. The highest BCUT2D eigenvalue weighted by molar-refractivity contribution is 5.78. The monoisotopic (exact) mass is 409 g/mol. The summed E-state index contributed by atoms with van der Waals surface area (Å²) in [5.41, 5.74) is -0.397. The molecule has 2 heterocycles. The van der Waals surface area contributed by atoms with E-state index in [1.807, 2.05) is 6.92 Å². The van der Waals surface area contributed by atoms with E-state index in [1.165, 1.54) is 10.7 Å². The number of hydrogen-bond acceptors (Lipinski definition) is 5. The standard InChI is InChI=1S/C19H22F3N5O2/c1-5-14(10-6-7-11(12(20)8-10)19(2,21)22)27-16-15(13(9-28)25-27)17(29)24-18(23-16)26(3)4/h6-8,14,28H,5,9H2,1-4H3,(H,23,24,29). The predicted octanol–water partition coefficient (Wildman–Crippen LogP) is 2.93.